The Balaban J connectivity index is 1.69. The van der Waals surface area contributed by atoms with Crippen LogP contribution in [0, 0.1) is 0 Å². The van der Waals surface area contributed by atoms with E-state index in [1.807, 2.05) is 0 Å². The fraction of sp³-hybridized carbons (Fsp3) is 0.868. The highest BCUT2D eigenvalue weighted by Gasteiger charge is 2.47. The second kappa shape index (κ2) is 40.9. The van der Waals surface area contributed by atoms with Gasteiger partial charge in [0.2, 0.25) is 0 Å². The molecule has 0 saturated carbocycles. The van der Waals surface area contributed by atoms with Crippen molar-refractivity contribution in [1.82, 2.24) is 0 Å². The Morgan fingerprint density at radius 2 is 0.925 bits per heavy atom. The van der Waals surface area contributed by atoms with E-state index in [2.05, 4.69) is 50.3 Å². The van der Waals surface area contributed by atoms with Gasteiger partial charge in [-0.1, -0.05) is 172 Å². The molecule has 2 rings (SSSR count). The van der Waals surface area contributed by atoms with Crippen molar-refractivity contribution in [1.29, 1.82) is 0 Å². The van der Waals surface area contributed by atoms with Gasteiger partial charge < -0.3 is 64.2 Å². The zero-order valence-electron chi connectivity index (χ0n) is 41.6. The first-order valence-electron chi connectivity index (χ1n) is 26.6. The average molecular weight is 957 g/mol. The molecule has 2 fully saturated rings. The number of hydrogen-bond donors (Lipinski definition) is 7. The molecule has 392 valence electrons. The van der Waals surface area contributed by atoms with Crippen molar-refractivity contribution in [3.05, 3.63) is 36.5 Å². The maximum Gasteiger partial charge on any atom is 0.306 e. The molecule has 11 atom stereocenters. The number of unbranched alkanes of at least 4 members (excludes halogenated alkanes) is 22. The molecule has 67 heavy (non-hydrogen) atoms. The molecular weight excluding hydrogens is 861 g/mol. The first-order valence-corrected chi connectivity index (χ1v) is 26.6. The van der Waals surface area contributed by atoms with E-state index in [4.69, 9.17) is 28.4 Å². The number of esters is 1. The van der Waals surface area contributed by atoms with Crippen molar-refractivity contribution in [2.45, 2.75) is 261 Å². The summed E-state index contributed by atoms with van der Waals surface area (Å²) in [6.45, 7) is 3.64. The molecule has 14 heteroatoms. The van der Waals surface area contributed by atoms with Gasteiger partial charge in [0.05, 0.1) is 26.4 Å². The van der Waals surface area contributed by atoms with Crippen molar-refractivity contribution in [3.63, 3.8) is 0 Å². The highest BCUT2D eigenvalue weighted by molar-refractivity contribution is 5.69. The van der Waals surface area contributed by atoms with Crippen LogP contribution in [-0.2, 0) is 33.2 Å². The number of ether oxygens (including phenoxy) is 6. The average Bonchev–Trinajstić information content (AvgIpc) is 3.32. The number of carbonyl (C=O) groups excluding carboxylic acids is 1. The highest BCUT2D eigenvalue weighted by Crippen LogP contribution is 2.26. The van der Waals surface area contributed by atoms with Crippen molar-refractivity contribution >= 4 is 5.97 Å². The topological polar surface area (TPSA) is 214 Å². The third kappa shape index (κ3) is 28.6. The Kier molecular flexibility index (Phi) is 37.4. The summed E-state index contributed by atoms with van der Waals surface area (Å²) >= 11 is 0. The van der Waals surface area contributed by atoms with E-state index in [0.29, 0.717) is 13.0 Å². The number of aliphatic hydroxyl groups excluding tert-OH is 7. The van der Waals surface area contributed by atoms with E-state index in [-0.39, 0.29) is 25.6 Å². The maximum absolute atomic E-state index is 12.9. The van der Waals surface area contributed by atoms with Gasteiger partial charge in [0.25, 0.3) is 0 Å². The summed E-state index contributed by atoms with van der Waals surface area (Å²) in [4.78, 5) is 12.9. The van der Waals surface area contributed by atoms with Gasteiger partial charge in [-0.25, -0.2) is 0 Å². The number of aliphatic hydroxyl groups is 7. The van der Waals surface area contributed by atoms with Crippen LogP contribution in [0.5, 0.6) is 0 Å². The molecule has 7 N–H and O–H groups in total. The van der Waals surface area contributed by atoms with E-state index in [1.165, 1.54) is 109 Å². The first-order chi connectivity index (χ1) is 32.6. The molecule has 0 spiro atoms. The molecule has 14 nitrogen and oxygen atoms in total. The fourth-order valence-electron chi connectivity index (χ4n) is 8.29. The molecule has 0 aromatic rings. The summed E-state index contributed by atoms with van der Waals surface area (Å²) in [6, 6.07) is 0. The van der Waals surface area contributed by atoms with Gasteiger partial charge in [0, 0.05) is 13.0 Å². The van der Waals surface area contributed by atoms with Crippen LogP contribution in [0.15, 0.2) is 36.5 Å². The zero-order valence-corrected chi connectivity index (χ0v) is 41.6. The third-order valence-electron chi connectivity index (χ3n) is 12.7. The largest absolute Gasteiger partial charge is 0.457 e. The summed E-state index contributed by atoms with van der Waals surface area (Å²) < 4.78 is 34.2. The third-order valence-corrected chi connectivity index (χ3v) is 12.7. The van der Waals surface area contributed by atoms with Gasteiger partial charge in [-0.05, 0) is 51.4 Å². The Morgan fingerprint density at radius 1 is 0.493 bits per heavy atom. The first kappa shape index (κ1) is 61.3. The summed E-state index contributed by atoms with van der Waals surface area (Å²) in [5.41, 5.74) is 0. The monoisotopic (exact) mass is 957 g/mol. The van der Waals surface area contributed by atoms with Crippen LogP contribution >= 0.6 is 0 Å². The Labute approximate surface area is 404 Å². The standard InChI is InChI=1S/C53H96O14/c1-3-5-7-9-11-13-14-15-16-17-18-19-20-21-22-23-24-25-26-27-29-31-33-35-37-62-39-42(65-45(55)36-34-32-30-28-12-10-8-6-4-2)40-63-52-51(61)49(59)47(57)44(67-52)41-64-53-50(60)48(58)46(56)43(38-54)66-53/h14-15,17-18,20-21,42-44,46-54,56-61H,3-13,16,19,22-41H2,1-2H3/b15-14-,18-17-,21-20-. The van der Waals surface area contributed by atoms with Gasteiger partial charge in [-0.15, -0.1) is 0 Å². The SMILES string of the molecule is CCCCCCC/C=C\C/C=C\C/C=C\CCCCCCCCCCCOCC(COC1OC(COC2OC(CO)C(O)C(O)C2O)C(O)C(O)C1O)OC(=O)CCCCCCCCCCC. The molecule has 2 aliphatic rings. The Bertz CT molecular complexity index is 1250. The molecule has 0 amide bonds. The van der Waals surface area contributed by atoms with Crippen molar-refractivity contribution in [2.75, 3.05) is 33.0 Å². The van der Waals surface area contributed by atoms with Crippen LogP contribution < -0.4 is 0 Å². The van der Waals surface area contributed by atoms with Gasteiger partial charge in [0.1, 0.15) is 54.9 Å². The van der Waals surface area contributed by atoms with Crippen LogP contribution in [0.2, 0.25) is 0 Å². The minimum absolute atomic E-state index is 0.0595. The molecule has 0 bridgehead atoms. The number of hydrogen-bond acceptors (Lipinski definition) is 14. The van der Waals surface area contributed by atoms with Crippen molar-refractivity contribution < 1.29 is 69.0 Å². The van der Waals surface area contributed by atoms with Crippen LogP contribution in [0.3, 0.4) is 0 Å². The van der Waals surface area contributed by atoms with Crippen molar-refractivity contribution in [3.8, 4) is 0 Å². The van der Waals surface area contributed by atoms with Crippen LogP contribution in [0.1, 0.15) is 194 Å². The number of carbonyl (C=O) groups is 1. The molecule has 2 saturated heterocycles. The van der Waals surface area contributed by atoms with Crippen LogP contribution in [0.4, 0.5) is 0 Å². The fourth-order valence-corrected chi connectivity index (χ4v) is 8.29. The van der Waals surface area contributed by atoms with E-state index in [0.717, 1.165) is 57.8 Å². The van der Waals surface area contributed by atoms with E-state index < -0.39 is 80.7 Å². The molecule has 0 aromatic heterocycles. The predicted octanol–water partition coefficient (Wildman–Crippen LogP) is 8.19. The molecular formula is C53H96O14. The lowest BCUT2D eigenvalue weighted by Gasteiger charge is -2.42. The molecule has 2 heterocycles. The van der Waals surface area contributed by atoms with Gasteiger partial charge in [-0.2, -0.15) is 0 Å². The predicted molar refractivity (Wildman–Crippen MR) is 261 cm³/mol. The summed E-state index contributed by atoms with van der Waals surface area (Å²) in [7, 11) is 0. The molecule has 0 aliphatic carbocycles. The summed E-state index contributed by atoms with van der Waals surface area (Å²) in [5, 5.41) is 72.0. The second-order valence-corrected chi connectivity index (χ2v) is 18.7. The Hall–Kier alpha value is -1.79. The summed E-state index contributed by atoms with van der Waals surface area (Å²) in [5.74, 6) is -0.381. The minimum atomic E-state index is -1.70. The van der Waals surface area contributed by atoms with Crippen LogP contribution in [-0.4, -0.2) is 142 Å². The highest BCUT2D eigenvalue weighted by atomic mass is 16.7. The second-order valence-electron chi connectivity index (χ2n) is 18.7. The zero-order chi connectivity index (χ0) is 48.7. The van der Waals surface area contributed by atoms with Crippen molar-refractivity contribution in [2.24, 2.45) is 0 Å². The number of rotatable bonds is 42. The smallest absolute Gasteiger partial charge is 0.306 e. The molecule has 0 radical (unpaired) electrons. The Morgan fingerprint density at radius 3 is 1.45 bits per heavy atom. The molecule has 11 unspecified atom stereocenters. The lowest BCUT2D eigenvalue weighted by Crippen LogP contribution is -2.61. The number of allylic oxidation sites excluding steroid dienone is 6. The van der Waals surface area contributed by atoms with E-state index in [9.17, 15) is 40.5 Å². The normalized spacial score (nSPS) is 26.3. The van der Waals surface area contributed by atoms with Gasteiger partial charge in [-0.3, -0.25) is 4.79 Å². The van der Waals surface area contributed by atoms with Gasteiger partial charge in [0.15, 0.2) is 12.6 Å². The van der Waals surface area contributed by atoms with E-state index in [1.54, 1.807) is 0 Å². The summed E-state index contributed by atoms with van der Waals surface area (Å²) in [6.07, 6.45) is 29.4. The molecule has 2 aliphatic heterocycles. The lowest BCUT2D eigenvalue weighted by atomic mass is 9.98. The lowest BCUT2D eigenvalue weighted by molar-refractivity contribution is -0.332. The maximum atomic E-state index is 12.9. The minimum Gasteiger partial charge on any atom is -0.457 e. The quantitative estimate of drug-likeness (QED) is 0.0175. The molecule has 0 aromatic carbocycles. The van der Waals surface area contributed by atoms with Gasteiger partial charge >= 0.3 is 5.97 Å². The van der Waals surface area contributed by atoms with E-state index >= 15 is 0 Å². The van der Waals surface area contributed by atoms with Crippen LogP contribution in [0.25, 0.3) is 0 Å².